The molecule has 0 heterocycles. The van der Waals surface area contributed by atoms with Gasteiger partial charge in [-0.15, -0.1) is 0 Å². The Bertz CT molecular complexity index is 442. The molecule has 1 aromatic rings. The number of nitrogens with two attached hydrogens (primary N) is 1. The second kappa shape index (κ2) is 5.82. The molecule has 1 saturated carbocycles. The lowest BCUT2D eigenvalue weighted by atomic mass is 9.76. The van der Waals surface area contributed by atoms with Gasteiger partial charge >= 0.3 is 0 Å². The second-order valence-corrected chi connectivity index (χ2v) is 6.97. The molecule has 0 amide bonds. The Morgan fingerprint density at radius 1 is 1.47 bits per heavy atom. The van der Waals surface area contributed by atoms with E-state index in [0.29, 0.717) is 17.4 Å². The van der Waals surface area contributed by atoms with Crippen molar-refractivity contribution in [3.05, 3.63) is 34.3 Å². The van der Waals surface area contributed by atoms with Crippen molar-refractivity contribution in [1.29, 1.82) is 0 Å². The van der Waals surface area contributed by atoms with Crippen molar-refractivity contribution >= 4 is 11.6 Å². The molecule has 3 heteroatoms. The van der Waals surface area contributed by atoms with E-state index >= 15 is 0 Å². The van der Waals surface area contributed by atoms with E-state index in [1.807, 2.05) is 6.07 Å². The van der Waals surface area contributed by atoms with Gasteiger partial charge in [-0.3, -0.25) is 11.3 Å². The molecule has 0 aromatic heterocycles. The van der Waals surface area contributed by atoms with E-state index in [0.717, 1.165) is 11.4 Å². The maximum Gasteiger partial charge on any atom is 0.0441 e. The van der Waals surface area contributed by atoms with Gasteiger partial charge in [-0.05, 0) is 54.7 Å². The zero-order valence-electron chi connectivity index (χ0n) is 12.2. The van der Waals surface area contributed by atoms with Crippen molar-refractivity contribution in [1.82, 2.24) is 5.43 Å². The van der Waals surface area contributed by atoms with Crippen molar-refractivity contribution in [3.63, 3.8) is 0 Å². The summed E-state index contributed by atoms with van der Waals surface area (Å²) in [4.78, 5) is 0. The summed E-state index contributed by atoms with van der Waals surface area (Å²) in [5.41, 5.74) is 5.79. The van der Waals surface area contributed by atoms with Gasteiger partial charge < -0.3 is 0 Å². The molecule has 0 saturated heterocycles. The number of hydrogen-bond acceptors (Lipinski definition) is 2. The monoisotopic (exact) mass is 280 g/mol. The highest BCUT2D eigenvalue weighted by atomic mass is 35.5. The minimum Gasteiger partial charge on any atom is -0.271 e. The quantitative estimate of drug-likeness (QED) is 0.649. The van der Waals surface area contributed by atoms with Crippen molar-refractivity contribution < 1.29 is 0 Å². The van der Waals surface area contributed by atoms with Crippen molar-refractivity contribution in [2.45, 2.75) is 52.5 Å². The summed E-state index contributed by atoms with van der Waals surface area (Å²) in [6.07, 6.45) is 4.75. The Balaban J connectivity index is 2.15. The summed E-state index contributed by atoms with van der Waals surface area (Å²) in [7, 11) is 0. The molecule has 106 valence electrons. The van der Waals surface area contributed by atoms with Gasteiger partial charge in [0, 0.05) is 11.1 Å². The van der Waals surface area contributed by atoms with E-state index in [1.165, 1.54) is 30.4 Å². The number of rotatable bonds is 4. The van der Waals surface area contributed by atoms with Crippen molar-refractivity contribution in [2.75, 3.05) is 0 Å². The highest BCUT2D eigenvalue weighted by molar-refractivity contribution is 6.31. The molecule has 2 rings (SSSR count). The number of nitrogens with one attached hydrogen (secondary N) is 1. The lowest BCUT2D eigenvalue weighted by Gasteiger charge is -2.34. The first-order chi connectivity index (χ1) is 8.94. The van der Waals surface area contributed by atoms with E-state index in [2.05, 4.69) is 38.3 Å². The average Bonchev–Trinajstić information content (AvgIpc) is 2.68. The summed E-state index contributed by atoms with van der Waals surface area (Å²) >= 11 is 6.34. The molecule has 2 atom stereocenters. The number of hydrogen-bond donors (Lipinski definition) is 2. The highest BCUT2D eigenvalue weighted by Crippen LogP contribution is 2.45. The molecular weight excluding hydrogens is 256 g/mol. The Hall–Kier alpha value is -0.570. The number of benzene rings is 1. The van der Waals surface area contributed by atoms with Crippen molar-refractivity contribution in [2.24, 2.45) is 17.2 Å². The predicted octanol–water partition coefficient (Wildman–Crippen LogP) is 3.85. The van der Waals surface area contributed by atoms with E-state index in [4.69, 9.17) is 17.4 Å². The Kier molecular flexibility index (Phi) is 4.54. The van der Waals surface area contributed by atoms with Crippen molar-refractivity contribution in [3.8, 4) is 0 Å². The molecule has 0 aliphatic heterocycles. The molecule has 1 aliphatic rings. The fourth-order valence-electron chi connectivity index (χ4n) is 3.47. The number of aryl methyl sites for hydroxylation is 1. The van der Waals surface area contributed by atoms with Crippen LogP contribution in [0.2, 0.25) is 5.02 Å². The summed E-state index contributed by atoms with van der Waals surface area (Å²) in [6.45, 7) is 6.77. The predicted molar refractivity (Wildman–Crippen MR) is 82.1 cm³/mol. The first-order valence-corrected chi connectivity index (χ1v) is 7.53. The van der Waals surface area contributed by atoms with Gasteiger partial charge in [-0.1, -0.05) is 44.0 Å². The highest BCUT2D eigenvalue weighted by Gasteiger charge is 2.39. The third-order valence-corrected chi connectivity index (χ3v) is 5.04. The van der Waals surface area contributed by atoms with Crippen LogP contribution in [0.5, 0.6) is 0 Å². The third kappa shape index (κ3) is 3.31. The van der Waals surface area contributed by atoms with Crippen LogP contribution in [0.25, 0.3) is 0 Å². The molecule has 3 N–H and O–H groups in total. The van der Waals surface area contributed by atoms with Gasteiger partial charge in [0.2, 0.25) is 0 Å². The standard InChI is InChI=1S/C16H25ClN2/c1-11-6-7-12(14(17)9-11)10-15(19-18)13-5-4-8-16(13,2)3/h6-7,9,13,15,19H,4-5,8,10,18H2,1-3H3. The van der Waals surface area contributed by atoms with Gasteiger partial charge in [-0.25, -0.2) is 0 Å². The summed E-state index contributed by atoms with van der Waals surface area (Å²) in [5.74, 6) is 6.43. The maximum atomic E-state index is 6.34. The van der Waals surface area contributed by atoms with E-state index in [9.17, 15) is 0 Å². The van der Waals surface area contributed by atoms with Crippen LogP contribution in [0.3, 0.4) is 0 Å². The van der Waals surface area contributed by atoms with Crippen LogP contribution in [0.1, 0.15) is 44.2 Å². The van der Waals surface area contributed by atoms with Crippen LogP contribution < -0.4 is 11.3 Å². The van der Waals surface area contributed by atoms with Crippen LogP contribution in [0.4, 0.5) is 0 Å². The normalized spacial score (nSPS) is 23.5. The fourth-order valence-corrected chi connectivity index (χ4v) is 3.78. The minimum atomic E-state index is 0.303. The average molecular weight is 281 g/mol. The third-order valence-electron chi connectivity index (χ3n) is 4.69. The lowest BCUT2D eigenvalue weighted by molar-refractivity contribution is 0.196. The van der Waals surface area contributed by atoms with Crippen LogP contribution in [-0.2, 0) is 6.42 Å². The second-order valence-electron chi connectivity index (χ2n) is 6.56. The smallest absolute Gasteiger partial charge is 0.0441 e. The maximum absolute atomic E-state index is 6.34. The molecule has 0 radical (unpaired) electrons. The zero-order chi connectivity index (χ0) is 14.0. The van der Waals surface area contributed by atoms with Crippen LogP contribution in [0.15, 0.2) is 18.2 Å². The Labute approximate surface area is 121 Å². The van der Waals surface area contributed by atoms with Gasteiger partial charge in [0.05, 0.1) is 0 Å². The molecule has 2 nitrogen and oxygen atoms in total. The summed E-state index contributed by atoms with van der Waals surface area (Å²) in [6, 6.07) is 6.58. The van der Waals surface area contributed by atoms with Gasteiger partial charge in [0.15, 0.2) is 0 Å². The molecule has 19 heavy (non-hydrogen) atoms. The van der Waals surface area contributed by atoms with Gasteiger partial charge in [0.25, 0.3) is 0 Å². The SMILES string of the molecule is Cc1ccc(CC(NN)C2CCCC2(C)C)c(Cl)c1. The molecule has 1 fully saturated rings. The topological polar surface area (TPSA) is 38.0 Å². The minimum absolute atomic E-state index is 0.303. The lowest BCUT2D eigenvalue weighted by Crippen LogP contribution is -2.45. The van der Waals surface area contributed by atoms with Gasteiger partial charge in [-0.2, -0.15) is 0 Å². The summed E-state index contributed by atoms with van der Waals surface area (Å²) in [5, 5.41) is 0.857. The summed E-state index contributed by atoms with van der Waals surface area (Å²) < 4.78 is 0. The molecule has 0 bridgehead atoms. The first kappa shape index (κ1) is 14.8. The zero-order valence-corrected chi connectivity index (χ0v) is 12.9. The number of halogens is 1. The fraction of sp³-hybridized carbons (Fsp3) is 0.625. The van der Waals surface area contributed by atoms with E-state index in [1.54, 1.807) is 0 Å². The Morgan fingerprint density at radius 3 is 2.74 bits per heavy atom. The van der Waals surface area contributed by atoms with Crippen LogP contribution in [-0.4, -0.2) is 6.04 Å². The van der Waals surface area contributed by atoms with Crippen LogP contribution in [0, 0.1) is 18.3 Å². The van der Waals surface area contributed by atoms with Crippen LogP contribution >= 0.6 is 11.6 Å². The largest absolute Gasteiger partial charge is 0.271 e. The Morgan fingerprint density at radius 2 is 2.21 bits per heavy atom. The van der Waals surface area contributed by atoms with Gasteiger partial charge in [0.1, 0.15) is 0 Å². The number of hydrazine groups is 1. The van der Waals surface area contributed by atoms with E-state index < -0.39 is 0 Å². The molecule has 1 aliphatic carbocycles. The molecular formula is C16H25ClN2. The molecule has 2 unspecified atom stereocenters. The molecule has 1 aromatic carbocycles. The first-order valence-electron chi connectivity index (χ1n) is 7.15. The molecule has 0 spiro atoms. The van der Waals surface area contributed by atoms with E-state index in [-0.39, 0.29) is 0 Å².